The summed E-state index contributed by atoms with van der Waals surface area (Å²) in [6.45, 7) is 4.33. The van der Waals surface area contributed by atoms with E-state index in [2.05, 4.69) is 4.98 Å². The SMILES string of the molecule is COc1cncc(C(=O)C(CN)C(C)C)c1. The van der Waals surface area contributed by atoms with Gasteiger partial charge in [-0.3, -0.25) is 9.78 Å². The molecule has 0 amide bonds. The first-order valence-electron chi connectivity index (χ1n) is 5.33. The van der Waals surface area contributed by atoms with E-state index in [9.17, 15) is 4.79 Å². The van der Waals surface area contributed by atoms with E-state index in [1.54, 1.807) is 25.6 Å². The number of carbonyl (C=O) groups excluding carboxylic acids is 1. The summed E-state index contributed by atoms with van der Waals surface area (Å²) in [6, 6.07) is 1.69. The Balaban J connectivity index is 2.94. The molecule has 1 aromatic heterocycles. The molecule has 0 aliphatic rings. The Kier molecular flexibility index (Phi) is 4.43. The zero-order valence-electron chi connectivity index (χ0n) is 9.93. The molecule has 0 spiro atoms. The quantitative estimate of drug-likeness (QED) is 0.767. The van der Waals surface area contributed by atoms with E-state index in [4.69, 9.17) is 10.5 Å². The molecule has 0 radical (unpaired) electrons. The van der Waals surface area contributed by atoms with Crippen LogP contribution in [0, 0.1) is 11.8 Å². The summed E-state index contributed by atoms with van der Waals surface area (Å²) in [7, 11) is 1.55. The van der Waals surface area contributed by atoms with Gasteiger partial charge in [0.05, 0.1) is 13.3 Å². The van der Waals surface area contributed by atoms with Crippen LogP contribution in [0.2, 0.25) is 0 Å². The maximum absolute atomic E-state index is 12.1. The summed E-state index contributed by atoms with van der Waals surface area (Å²) in [4.78, 5) is 16.1. The molecule has 0 aliphatic carbocycles. The molecule has 0 bridgehead atoms. The minimum atomic E-state index is -0.158. The molecule has 2 N–H and O–H groups in total. The highest BCUT2D eigenvalue weighted by atomic mass is 16.5. The highest BCUT2D eigenvalue weighted by molar-refractivity contribution is 5.98. The van der Waals surface area contributed by atoms with Gasteiger partial charge in [0.15, 0.2) is 5.78 Å². The second kappa shape index (κ2) is 5.61. The Labute approximate surface area is 95.8 Å². The van der Waals surface area contributed by atoms with E-state index in [0.29, 0.717) is 17.9 Å². The Hall–Kier alpha value is -1.42. The maximum Gasteiger partial charge on any atom is 0.169 e. The summed E-state index contributed by atoms with van der Waals surface area (Å²) in [5.74, 6) is 0.687. The lowest BCUT2D eigenvalue weighted by Gasteiger charge is -2.17. The number of pyridine rings is 1. The average molecular weight is 222 g/mol. The van der Waals surface area contributed by atoms with Gasteiger partial charge in [-0.15, -0.1) is 0 Å². The molecule has 1 heterocycles. The van der Waals surface area contributed by atoms with Crippen LogP contribution in [0.4, 0.5) is 0 Å². The van der Waals surface area contributed by atoms with Crippen molar-refractivity contribution in [3.8, 4) is 5.75 Å². The number of nitrogens with zero attached hydrogens (tertiary/aromatic N) is 1. The minimum Gasteiger partial charge on any atom is -0.495 e. The molecule has 0 fully saturated rings. The van der Waals surface area contributed by atoms with E-state index < -0.39 is 0 Å². The van der Waals surface area contributed by atoms with Crippen molar-refractivity contribution >= 4 is 5.78 Å². The lowest BCUT2D eigenvalue weighted by molar-refractivity contribution is 0.0891. The molecule has 0 saturated carbocycles. The van der Waals surface area contributed by atoms with Crippen LogP contribution >= 0.6 is 0 Å². The summed E-state index contributed by atoms with van der Waals surface area (Å²) < 4.78 is 5.03. The van der Waals surface area contributed by atoms with Gasteiger partial charge < -0.3 is 10.5 Å². The fourth-order valence-corrected chi connectivity index (χ4v) is 1.56. The van der Waals surface area contributed by atoms with Gasteiger partial charge in [0.25, 0.3) is 0 Å². The Morgan fingerprint density at radius 2 is 2.19 bits per heavy atom. The molecule has 4 nitrogen and oxygen atoms in total. The highest BCUT2D eigenvalue weighted by Crippen LogP contribution is 2.18. The van der Waals surface area contributed by atoms with Crippen molar-refractivity contribution in [1.82, 2.24) is 4.98 Å². The topological polar surface area (TPSA) is 65.2 Å². The molecule has 1 atom stereocenters. The summed E-state index contributed by atoms with van der Waals surface area (Å²) >= 11 is 0. The zero-order chi connectivity index (χ0) is 12.1. The number of hydrogen-bond acceptors (Lipinski definition) is 4. The normalized spacial score (nSPS) is 12.6. The van der Waals surface area contributed by atoms with Gasteiger partial charge in [-0.25, -0.2) is 0 Å². The van der Waals surface area contributed by atoms with Crippen molar-refractivity contribution in [2.75, 3.05) is 13.7 Å². The molecule has 16 heavy (non-hydrogen) atoms. The lowest BCUT2D eigenvalue weighted by Crippen LogP contribution is -2.28. The standard InChI is InChI=1S/C12H18N2O2/c1-8(2)11(5-13)12(15)9-4-10(16-3)7-14-6-9/h4,6-8,11H,5,13H2,1-3H3. The molecule has 88 valence electrons. The summed E-state index contributed by atoms with van der Waals surface area (Å²) in [5, 5.41) is 0. The number of carbonyl (C=O) groups is 1. The molecule has 1 rings (SSSR count). The summed E-state index contributed by atoms with van der Waals surface area (Å²) in [6.07, 6.45) is 3.12. The van der Waals surface area contributed by atoms with Gasteiger partial charge in [0.1, 0.15) is 5.75 Å². The number of ketones is 1. The third kappa shape index (κ3) is 2.79. The lowest BCUT2D eigenvalue weighted by atomic mass is 9.88. The molecule has 1 aromatic rings. The van der Waals surface area contributed by atoms with E-state index in [1.807, 2.05) is 13.8 Å². The molecule has 1 unspecified atom stereocenters. The number of Topliss-reactive ketones (excluding diaryl/α,β-unsaturated/α-hetero) is 1. The Morgan fingerprint density at radius 1 is 1.50 bits per heavy atom. The van der Waals surface area contributed by atoms with Gasteiger partial charge in [-0.05, 0) is 12.0 Å². The predicted molar refractivity (Wildman–Crippen MR) is 62.5 cm³/mol. The van der Waals surface area contributed by atoms with Crippen LogP contribution in [0.3, 0.4) is 0 Å². The predicted octanol–water partition coefficient (Wildman–Crippen LogP) is 1.50. The van der Waals surface area contributed by atoms with Crippen LogP contribution in [0.25, 0.3) is 0 Å². The van der Waals surface area contributed by atoms with Crippen molar-refractivity contribution < 1.29 is 9.53 Å². The molecular formula is C12H18N2O2. The fourth-order valence-electron chi connectivity index (χ4n) is 1.56. The first-order chi connectivity index (χ1) is 7.60. The van der Waals surface area contributed by atoms with Crippen molar-refractivity contribution in [1.29, 1.82) is 0 Å². The van der Waals surface area contributed by atoms with Gasteiger partial charge in [-0.2, -0.15) is 0 Å². The third-order valence-electron chi connectivity index (χ3n) is 2.63. The monoisotopic (exact) mass is 222 g/mol. The number of aromatic nitrogens is 1. The van der Waals surface area contributed by atoms with Crippen LogP contribution in [-0.2, 0) is 0 Å². The second-order valence-electron chi connectivity index (χ2n) is 4.06. The number of nitrogens with two attached hydrogens (primary N) is 1. The van der Waals surface area contributed by atoms with E-state index >= 15 is 0 Å². The molecule has 0 saturated heterocycles. The molecule has 4 heteroatoms. The van der Waals surface area contributed by atoms with Crippen LogP contribution in [0.15, 0.2) is 18.5 Å². The number of rotatable bonds is 5. The van der Waals surface area contributed by atoms with Crippen LogP contribution in [0.5, 0.6) is 5.75 Å². The van der Waals surface area contributed by atoms with Crippen molar-refractivity contribution in [3.63, 3.8) is 0 Å². The van der Waals surface area contributed by atoms with Crippen molar-refractivity contribution in [2.45, 2.75) is 13.8 Å². The van der Waals surface area contributed by atoms with E-state index in [-0.39, 0.29) is 17.6 Å². The molecule has 0 aliphatic heterocycles. The number of ether oxygens (including phenoxy) is 1. The second-order valence-corrected chi connectivity index (χ2v) is 4.06. The Bertz CT molecular complexity index is 364. The van der Waals surface area contributed by atoms with Gasteiger partial charge >= 0.3 is 0 Å². The van der Waals surface area contributed by atoms with Gasteiger partial charge in [-0.1, -0.05) is 13.8 Å². The Morgan fingerprint density at radius 3 is 2.69 bits per heavy atom. The first-order valence-corrected chi connectivity index (χ1v) is 5.33. The maximum atomic E-state index is 12.1. The average Bonchev–Trinajstić information content (AvgIpc) is 2.29. The zero-order valence-corrected chi connectivity index (χ0v) is 9.93. The highest BCUT2D eigenvalue weighted by Gasteiger charge is 2.22. The van der Waals surface area contributed by atoms with Gasteiger partial charge in [0.2, 0.25) is 0 Å². The van der Waals surface area contributed by atoms with Gasteiger partial charge in [0, 0.05) is 24.2 Å². The van der Waals surface area contributed by atoms with Crippen molar-refractivity contribution in [3.05, 3.63) is 24.0 Å². The summed E-state index contributed by atoms with van der Waals surface area (Å²) in [5.41, 5.74) is 6.17. The van der Waals surface area contributed by atoms with E-state index in [0.717, 1.165) is 0 Å². The van der Waals surface area contributed by atoms with Crippen LogP contribution in [-0.4, -0.2) is 24.4 Å². The minimum absolute atomic E-state index is 0.0314. The molecular weight excluding hydrogens is 204 g/mol. The first kappa shape index (κ1) is 12.6. The third-order valence-corrected chi connectivity index (χ3v) is 2.63. The molecule has 0 aromatic carbocycles. The largest absolute Gasteiger partial charge is 0.495 e. The smallest absolute Gasteiger partial charge is 0.169 e. The van der Waals surface area contributed by atoms with Crippen LogP contribution in [0.1, 0.15) is 24.2 Å². The number of methoxy groups -OCH3 is 1. The fraction of sp³-hybridized carbons (Fsp3) is 0.500. The van der Waals surface area contributed by atoms with E-state index in [1.165, 1.54) is 0 Å². The van der Waals surface area contributed by atoms with Crippen molar-refractivity contribution in [2.24, 2.45) is 17.6 Å². The number of hydrogen-bond donors (Lipinski definition) is 1. The van der Waals surface area contributed by atoms with Crippen LogP contribution < -0.4 is 10.5 Å².